The number of aromatic nitrogens is 3. The van der Waals surface area contributed by atoms with Gasteiger partial charge in [-0.15, -0.1) is 0 Å². The highest BCUT2D eigenvalue weighted by molar-refractivity contribution is 6.30. The molecular formula is C18H22ClN3O4. The Morgan fingerprint density at radius 3 is 2.65 bits per heavy atom. The number of ether oxygens (including phenoxy) is 2. The van der Waals surface area contributed by atoms with Crippen LogP contribution in [0.3, 0.4) is 0 Å². The van der Waals surface area contributed by atoms with Gasteiger partial charge in [0.25, 0.3) is 0 Å². The molecule has 26 heavy (non-hydrogen) atoms. The third kappa shape index (κ3) is 5.05. The van der Waals surface area contributed by atoms with E-state index in [4.69, 9.17) is 16.3 Å². The summed E-state index contributed by atoms with van der Waals surface area (Å²) in [6.07, 6.45) is 2.17. The monoisotopic (exact) mass is 379 g/mol. The van der Waals surface area contributed by atoms with Crippen molar-refractivity contribution in [3.8, 4) is 11.4 Å². The van der Waals surface area contributed by atoms with E-state index in [1.165, 1.54) is 7.11 Å². The molecule has 2 rings (SSSR count). The molecule has 0 amide bonds. The summed E-state index contributed by atoms with van der Waals surface area (Å²) in [6.45, 7) is 3.30. The second kappa shape index (κ2) is 8.31. The summed E-state index contributed by atoms with van der Waals surface area (Å²) in [5, 5.41) is 4.96. The van der Waals surface area contributed by atoms with Crippen molar-refractivity contribution in [3.63, 3.8) is 0 Å². The van der Waals surface area contributed by atoms with Gasteiger partial charge >= 0.3 is 11.9 Å². The molecule has 0 aromatic carbocycles. The predicted octanol–water partition coefficient (Wildman–Crippen LogP) is 2.81. The number of rotatable bonds is 7. The lowest BCUT2D eigenvalue weighted by atomic mass is 9.95. The number of carbonyl (C=O) groups is 2. The molecule has 2 aromatic rings. The van der Waals surface area contributed by atoms with Crippen LogP contribution in [-0.4, -0.2) is 40.4 Å². The fourth-order valence-electron chi connectivity index (χ4n) is 2.31. The Morgan fingerprint density at radius 2 is 2.04 bits per heavy atom. The molecule has 2 aromatic heterocycles. The van der Waals surface area contributed by atoms with Crippen molar-refractivity contribution >= 4 is 23.5 Å². The second-order valence-electron chi connectivity index (χ2n) is 6.54. The number of hydrogen-bond acceptors (Lipinski definition) is 6. The van der Waals surface area contributed by atoms with Crippen LogP contribution in [0.4, 0.5) is 0 Å². The molecule has 7 nitrogen and oxygen atoms in total. The highest BCUT2D eigenvalue weighted by atomic mass is 35.5. The van der Waals surface area contributed by atoms with Crippen molar-refractivity contribution in [1.29, 1.82) is 0 Å². The first-order chi connectivity index (χ1) is 12.2. The molecule has 0 spiro atoms. The molecule has 0 aliphatic rings. The maximum absolute atomic E-state index is 11.9. The zero-order chi connectivity index (χ0) is 19.3. The molecule has 0 saturated heterocycles. The van der Waals surface area contributed by atoms with E-state index < -0.39 is 17.4 Å². The van der Waals surface area contributed by atoms with Gasteiger partial charge in [-0.3, -0.25) is 19.3 Å². The van der Waals surface area contributed by atoms with E-state index in [1.54, 1.807) is 30.8 Å². The fourth-order valence-corrected chi connectivity index (χ4v) is 2.43. The molecule has 0 unspecified atom stereocenters. The molecule has 0 saturated carbocycles. The van der Waals surface area contributed by atoms with Gasteiger partial charge in [0.15, 0.2) is 0 Å². The largest absolute Gasteiger partial charge is 0.469 e. The van der Waals surface area contributed by atoms with Crippen molar-refractivity contribution in [2.24, 2.45) is 12.5 Å². The van der Waals surface area contributed by atoms with Crippen molar-refractivity contribution in [2.45, 2.75) is 26.7 Å². The van der Waals surface area contributed by atoms with Crippen LogP contribution in [0.5, 0.6) is 0 Å². The smallest absolute Gasteiger partial charge is 0.314 e. The van der Waals surface area contributed by atoms with Gasteiger partial charge in [-0.25, -0.2) is 0 Å². The molecule has 140 valence electrons. The average Bonchev–Trinajstić information content (AvgIpc) is 2.99. The Kier molecular flexibility index (Phi) is 6.37. The zero-order valence-electron chi connectivity index (χ0n) is 15.3. The number of halogens is 1. The fraction of sp³-hybridized carbons (Fsp3) is 0.444. The minimum absolute atomic E-state index is 0.0271. The Hall–Kier alpha value is -2.41. The van der Waals surface area contributed by atoms with E-state index in [0.717, 1.165) is 17.1 Å². The molecule has 0 bridgehead atoms. The van der Waals surface area contributed by atoms with Gasteiger partial charge in [-0.1, -0.05) is 11.6 Å². The highest BCUT2D eigenvalue weighted by Crippen LogP contribution is 2.20. The second-order valence-corrected chi connectivity index (χ2v) is 6.98. The molecule has 0 aliphatic carbocycles. The molecule has 0 atom stereocenters. The van der Waals surface area contributed by atoms with E-state index in [0.29, 0.717) is 11.4 Å². The van der Waals surface area contributed by atoms with E-state index in [-0.39, 0.29) is 13.0 Å². The summed E-state index contributed by atoms with van der Waals surface area (Å²) >= 11 is 5.85. The van der Waals surface area contributed by atoms with Crippen LogP contribution in [0.2, 0.25) is 5.02 Å². The zero-order valence-corrected chi connectivity index (χ0v) is 16.0. The predicted molar refractivity (Wildman–Crippen MR) is 96.5 cm³/mol. The topological polar surface area (TPSA) is 83.3 Å². The molecule has 0 aliphatic heterocycles. The van der Waals surface area contributed by atoms with Crippen molar-refractivity contribution in [3.05, 3.63) is 35.1 Å². The minimum atomic E-state index is -0.872. The summed E-state index contributed by atoms with van der Waals surface area (Å²) in [4.78, 5) is 27.8. The van der Waals surface area contributed by atoms with Gasteiger partial charge in [-0.2, -0.15) is 5.10 Å². The van der Waals surface area contributed by atoms with Crippen LogP contribution in [0, 0.1) is 5.41 Å². The third-order valence-electron chi connectivity index (χ3n) is 3.84. The molecule has 0 fully saturated rings. The van der Waals surface area contributed by atoms with E-state index in [1.807, 2.05) is 19.2 Å². The number of aryl methyl sites for hydroxylation is 2. The molecule has 2 heterocycles. The summed E-state index contributed by atoms with van der Waals surface area (Å²) in [6, 6.07) is 5.45. The van der Waals surface area contributed by atoms with Crippen molar-refractivity contribution < 1.29 is 19.1 Å². The van der Waals surface area contributed by atoms with Crippen molar-refractivity contribution in [1.82, 2.24) is 14.8 Å². The number of pyridine rings is 1. The van der Waals surface area contributed by atoms with Gasteiger partial charge in [0.2, 0.25) is 0 Å². The van der Waals surface area contributed by atoms with Crippen LogP contribution in [0.25, 0.3) is 11.4 Å². The number of hydrogen-bond donors (Lipinski definition) is 0. The number of nitrogens with zero attached hydrogens (tertiary/aromatic N) is 3. The third-order valence-corrected chi connectivity index (χ3v) is 4.06. The summed E-state index contributed by atoms with van der Waals surface area (Å²) < 4.78 is 11.6. The summed E-state index contributed by atoms with van der Waals surface area (Å²) in [5.74, 6) is -0.811. The maximum Gasteiger partial charge on any atom is 0.314 e. The van der Waals surface area contributed by atoms with E-state index >= 15 is 0 Å². The lowest BCUT2D eigenvalue weighted by Crippen LogP contribution is -2.32. The van der Waals surface area contributed by atoms with Crippen LogP contribution in [-0.2, 0) is 32.5 Å². The van der Waals surface area contributed by atoms with Crippen LogP contribution >= 0.6 is 11.6 Å². The molecule has 0 radical (unpaired) electrons. The standard InChI is InChI=1S/C18H22ClN3O4/c1-18(2,17(24)25-4)11-26-16(23)8-6-13-9-15(22(3)21-13)14-7-5-12(19)10-20-14/h5,7,9-10H,6,8,11H2,1-4H3. The number of esters is 2. The van der Waals surface area contributed by atoms with Gasteiger partial charge in [-0.05, 0) is 32.0 Å². The van der Waals surface area contributed by atoms with Gasteiger partial charge < -0.3 is 9.47 Å². The van der Waals surface area contributed by atoms with Gasteiger partial charge in [0.1, 0.15) is 6.61 Å². The average molecular weight is 380 g/mol. The SMILES string of the molecule is COC(=O)C(C)(C)COC(=O)CCc1cc(-c2ccc(Cl)cn2)n(C)n1. The first-order valence-electron chi connectivity index (χ1n) is 8.12. The van der Waals surface area contributed by atoms with Gasteiger partial charge in [0, 0.05) is 19.7 Å². The molecular weight excluding hydrogens is 358 g/mol. The lowest BCUT2D eigenvalue weighted by molar-refractivity contribution is -0.159. The summed E-state index contributed by atoms with van der Waals surface area (Å²) in [5.41, 5.74) is 1.46. The van der Waals surface area contributed by atoms with Crippen LogP contribution in [0.1, 0.15) is 26.0 Å². The first-order valence-corrected chi connectivity index (χ1v) is 8.49. The van der Waals surface area contributed by atoms with Gasteiger partial charge in [0.05, 0.1) is 41.1 Å². The Balaban J connectivity index is 1.92. The van der Waals surface area contributed by atoms with E-state index in [9.17, 15) is 9.59 Å². The quantitative estimate of drug-likeness (QED) is 0.688. The van der Waals surface area contributed by atoms with E-state index in [2.05, 4.69) is 14.8 Å². The van der Waals surface area contributed by atoms with Crippen LogP contribution < -0.4 is 0 Å². The number of carbonyl (C=O) groups excluding carboxylic acids is 2. The molecule has 0 N–H and O–H groups in total. The lowest BCUT2D eigenvalue weighted by Gasteiger charge is -2.20. The minimum Gasteiger partial charge on any atom is -0.469 e. The normalized spacial score (nSPS) is 11.3. The maximum atomic E-state index is 11.9. The number of methoxy groups -OCH3 is 1. The summed E-state index contributed by atoms with van der Waals surface area (Å²) in [7, 11) is 3.12. The first kappa shape index (κ1) is 19.9. The Bertz CT molecular complexity index is 784. The Morgan fingerprint density at radius 1 is 1.31 bits per heavy atom. The molecule has 8 heteroatoms. The highest BCUT2D eigenvalue weighted by Gasteiger charge is 2.30. The van der Waals surface area contributed by atoms with Crippen molar-refractivity contribution in [2.75, 3.05) is 13.7 Å². The van der Waals surface area contributed by atoms with Crippen LogP contribution in [0.15, 0.2) is 24.4 Å². The Labute approximate surface area is 157 Å².